The summed E-state index contributed by atoms with van der Waals surface area (Å²) in [4.78, 5) is 14.3. The summed E-state index contributed by atoms with van der Waals surface area (Å²) >= 11 is 0. The summed E-state index contributed by atoms with van der Waals surface area (Å²) in [7, 11) is 0. The second kappa shape index (κ2) is 5.99. The highest BCUT2D eigenvalue weighted by atomic mass is 19.1. The summed E-state index contributed by atoms with van der Waals surface area (Å²) in [6.45, 7) is 2.96. The molecule has 5 nitrogen and oxygen atoms in total. The maximum absolute atomic E-state index is 13.6. The maximum Gasteiger partial charge on any atom is 0.254 e. The van der Waals surface area contributed by atoms with Crippen molar-refractivity contribution in [2.75, 3.05) is 26.2 Å². The van der Waals surface area contributed by atoms with Crippen molar-refractivity contribution < 1.29 is 19.0 Å². The van der Waals surface area contributed by atoms with Crippen LogP contribution in [-0.4, -0.2) is 54.3 Å². The van der Waals surface area contributed by atoms with E-state index in [0.717, 1.165) is 19.2 Å². The molecule has 2 fully saturated rings. The zero-order valence-corrected chi connectivity index (χ0v) is 11.7. The quantitative estimate of drug-likeness (QED) is 0.877. The Hall–Kier alpha value is -1.66. The number of phenols is 1. The van der Waals surface area contributed by atoms with Crippen LogP contribution in [0.5, 0.6) is 5.75 Å². The standard InChI is InChI=1S/C15H19FN2O3/c16-14-6-11(19)3-4-13(14)15(20)17-7-12-8-18-5-1-2-10(18)9-21-12/h3-4,6,10,12,19H,1-2,5,7-9H2,(H,17,20). The minimum atomic E-state index is -0.725. The summed E-state index contributed by atoms with van der Waals surface area (Å²) in [6, 6.07) is 4.02. The van der Waals surface area contributed by atoms with Crippen molar-refractivity contribution in [1.82, 2.24) is 10.2 Å². The van der Waals surface area contributed by atoms with Crippen molar-refractivity contribution in [3.05, 3.63) is 29.6 Å². The Morgan fingerprint density at radius 3 is 3.19 bits per heavy atom. The fourth-order valence-corrected chi connectivity index (χ4v) is 3.00. The number of carbonyl (C=O) groups is 1. The van der Waals surface area contributed by atoms with Gasteiger partial charge in [0.15, 0.2) is 0 Å². The van der Waals surface area contributed by atoms with Gasteiger partial charge in [0.05, 0.1) is 18.3 Å². The van der Waals surface area contributed by atoms with Gasteiger partial charge in [-0.25, -0.2) is 4.39 Å². The van der Waals surface area contributed by atoms with Gasteiger partial charge < -0.3 is 15.2 Å². The van der Waals surface area contributed by atoms with Gasteiger partial charge in [-0.15, -0.1) is 0 Å². The van der Waals surface area contributed by atoms with E-state index in [2.05, 4.69) is 10.2 Å². The van der Waals surface area contributed by atoms with Gasteiger partial charge >= 0.3 is 0 Å². The van der Waals surface area contributed by atoms with Gasteiger partial charge in [-0.05, 0) is 31.5 Å². The van der Waals surface area contributed by atoms with Crippen LogP contribution < -0.4 is 5.32 Å². The lowest BCUT2D eigenvalue weighted by atomic mass is 10.1. The largest absolute Gasteiger partial charge is 0.508 e. The van der Waals surface area contributed by atoms with Gasteiger partial charge in [-0.2, -0.15) is 0 Å². The molecule has 6 heteroatoms. The molecule has 114 valence electrons. The molecule has 2 aliphatic heterocycles. The van der Waals surface area contributed by atoms with Gasteiger partial charge in [0, 0.05) is 25.2 Å². The molecule has 1 amide bonds. The first kappa shape index (κ1) is 14.3. The number of hydrogen-bond donors (Lipinski definition) is 2. The van der Waals surface area contributed by atoms with E-state index in [1.54, 1.807) is 0 Å². The molecule has 1 aromatic carbocycles. The third-order valence-corrected chi connectivity index (χ3v) is 4.15. The topological polar surface area (TPSA) is 61.8 Å². The van der Waals surface area contributed by atoms with Gasteiger partial charge in [-0.3, -0.25) is 9.69 Å². The molecule has 0 aromatic heterocycles. The van der Waals surface area contributed by atoms with Gasteiger partial charge in [0.1, 0.15) is 11.6 Å². The van der Waals surface area contributed by atoms with Crippen molar-refractivity contribution >= 4 is 5.91 Å². The van der Waals surface area contributed by atoms with Crippen LogP contribution in [0.15, 0.2) is 18.2 Å². The number of morpholine rings is 1. The lowest BCUT2D eigenvalue weighted by Gasteiger charge is -2.35. The summed E-state index contributed by atoms with van der Waals surface area (Å²) in [5.74, 6) is -1.41. The molecule has 0 radical (unpaired) electrons. The maximum atomic E-state index is 13.6. The molecule has 21 heavy (non-hydrogen) atoms. The number of nitrogens with zero attached hydrogens (tertiary/aromatic N) is 1. The van der Waals surface area contributed by atoms with E-state index in [1.807, 2.05) is 0 Å². The van der Waals surface area contributed by atoms with E-state index in [0.29, 0.717) is 19.2 Å². The number of rotatable bonds is 3. The summed E-state index contributed by atoms with van der Waals surface area (Å²) in [5.41, 5.74) is -0.0670. The zero-order valence-electron chi connectivity index (χ0n) is 11.7. The predicted octanol–water partition coefficient (Wildman–Crippen LogP) is 1.12. The molecule has 2 saturated heterocycles. The highest BCUT2D eigenvalue weighted by Crippen LogP contribution is 2.22. The Kier molecular flexibility index (Phi) is 4.07. The molecular weight excluding hydrogens is 275 g/mol. The fourth-order valence-electron chi connectivity index (χ4n) is 3.00. The number of amides is 1. The molecule has 2 aliphatic rings. The van der Waals surface area contributed by atoms with Crippen LogP contribution in [-0.2, 0) is 4.74 Å². The number of benzene rings is 1. The Morgan fingerprint density at radius 1 is 1.52 bits per heavy atom. The molecule has 3 rings (SSSR count). The average molecular weight is 294 g/mol. The van der Waals surface area contributed by atoms with Gasteiger partial charge in [-0.1, -0.05) is 0 Å². The number of phenolic OH excluding ortho intramolecular Hbond substituents is 1. The molecule has 0 aliphatic carbocycles. The highest BCUT2D eigenvalue weighted by Gasteiger charge is 2.32. The van der Waals surface area contributed by atoms with Crippen LogP contribution in [0.1, 0.15) is 23.2 Å². The average Bonchev–Trinajstić information content (AvgIpc) is 2.92. The molecule has 2 unspecified atom stereocenters. The summed E-state index contributed by atoms with van der Waals surface area (Å²) < 4.78 is 19.3. The molecule has 2 heterocycles. The number of nitrogens with one attached hydrogen (secondary N) is 1. The molecule has 0 spiro atoms. The number of hydrogen-bond acceptors (Lipinski definition) is 4. The summed E-state index contributed by atoms with van der Waals surface area (Å²) in [5, 5.41) is 11.8. The zero-order chi connectivity index (χ0) is 14.8. The van der Waals surface area contributed by atoms with E-state index in [-0.39, 0.29) is 17.4 Å². The smallest absolute Gasteiger partial charge is 0.254 e. The number of ether oxygens (including phenoxy) is 1. The first-order valence-corrected chi connectivity index (χ1v) is 7.26. The first-order chi connectivity index (χ1) is 10.1. The molecule has 0 bridgehead atoms. The van der Waals surface area contributed by atoms with Crippen molar-refractivity contribution in [2.24, 2.45) is 0 Å². The van der Waals surface area contributed by atoms with Crippen LogP contribution in [0.4, 0.5) is 4.39 Å². The first-order valence-electron chi connectivity index (χ1n) is 7.26. The number of carbonyl (C=O) groups excluding carboxylic acids is 1. The van der Waals surface area contributed by atoms with E-state index in [4.69, 9.17) is 9.84 Å². The van der Waals surface area contributed by atoms with Crippen molar-refractivity contribution in [3.8, 4) is 5.75 Å². The van der Waals surface area contributed by atoms with E-state index in [1.165, 1.54) is 25.0 Å². The third kappa shape index (κ3) is 3.16. The Morgan fingerprint density at radius 2 is 2.38 bits per heavy atom. The third-order valence-electron chi connectivity index (χ3n) is 4.15. The SMILES string of the molecule is O=C(NCC1CN2CCCC2CO1)c1ccc(O)cc1F. The van der Waals surface area contributed by atoms with Crippen LogP contribution in [0.3, 0.4) is 0 Å². The molecule has 2 N–H and O–H groups in total. The Bertz CT molecular complexity index is 538. The normalized spacial score (nSPS) is 25.6. The van der Waals surface area contributed by atoms with Crippen molar-refractivity contribution in [3.63, 3.8) is 0 Å². The van der Waals surface area contributed by atoms with E-state index < -0.39 is 11.7 Å². The van der Waals surface area contributed by atoms with Crippen molar-refractivity contribution in [2.45, 2.75) is 25.0 Å². The Balaban J connectivity index is 1.54. The lowest BCUT2D eigenvalue weighted by molar-refractivity contribution is -0.0462. The monoisotopic (exact) mass is 294 g/mol. The van der Waals surface area contributed by atoms with Crippen LogP contribution in [0.25, 0.3) is 0 Å². The second-order valence-electron chi connectivity index (χ2n) is 5.62. The molecule has 0 saturated carbocycles. The minimum Gasteiger partial charge on any atom is -0.508 e. The van der Waals surface area contributed by atoms with Gasteiger partial charge in [0.2, 0.25) is 0 Å². The fraction of sp³-hybridized carbons (Fsp3) is 0.533. The summed E-state index contributed by atoms with van der Waals surface area (Å²) in [6.07, 6.45) is 2.33. The lowest BCUT2D eigenvalue weighted by Crippen LogP contribution is -2.50. The molecular formula is C15H19FN2O3. The van der Waals surface area contributed by atoms with Crippen LogP contribution >= 0.6 is 0 Å². The number of aromatic hydroxyl groups is 1. The van der Waals surface area contributed by atoms with Crippen LogP contribution in [0, 0.1) is 5.82 Å². The molecule has 2 atom stereocenters. The van der Waals surface area contributed by atoms with Crippen LogP contribution in [0.2, 0.25) is 0 Å². The second-order valence-corrected chi connectivity index (χ2v) is 5.62. The molecule has 1 aromatic rings. The number of fused-ring (bicyclic) bond motifs is 1. The Labute approximate surface area is 122 Å². The van der Waals surface area contributed by atoms with E-state index in [9.17, 15) is 9.18 Å². The van der Waals surface area contributed by atoms with Crippen molar-refractivity contribution in [1.29, 1.82) is 0 Å². The predicted molar refractivity (Wildman–Crippen MR) is 74.7 cm³/mol. The number of halogens is 1. The van der Waals surface area contributed by atoms with Gasteiger partial charge in [0.25, 0.3) is 5.91 Å². The minimum absolute atomic E-state index is 0.0523. The highest BCUT2D eigenvalue weighted by molar-refractivity contribution is 5.94. The van der Waals surface area contributed by atoms with E-state index >= 15 is 0 Å².